The summed E-state index contributed by atoms with van der Waals surface area (Å²) in [4.78, 5) is 9.30. The lowest BCUT2D eigenvalue weighted by Gasteiger charge is -2.32. The predicted molar refractivity (Wildman–Crippen MR) is 118 cm³/mol. The van der Waals surface area contributed by atoms with Crippen LogP contribution in [0.15, 0.2) is 48.5 Å². The Morgan fingerprint density at radius 1 is 0.931 bits per heavy atom. The van der Waals surface area contributed by atoms with E-state index in [0.717, 1.165) is 28.0 Å². The highest BCUT2D eigenvalue weighted by Crippen LogP contribution is 2.36. The minimum atomic E-state index is -0.412. The average molecular weight is 389 g/mol. The highest BCUT2D eigenvalue weighted by Gasteiger charge is 2.51. The van der Waals surface area contributed by atoms with Gasteiger partial charge in [-0.2, -0.15) is 0 Å². The number of hydrogen-bond donors (Lipinski definition) is 1. The van der Waals surface area contributed by atoms with Crippen LogP contribution in [0, 0.1) is 6.92 Å². The second-order valence-electron chi connectivity index (χ2n) is 8.76. The van der Waals surface area contributed by atoms with Gasteiger partial charge in [-0.05, 0) is 64.7 Å². The lowest BCUT2D eigenvalue weighted by Crippen LogP contribution is -2.41. The largest absolute Gasteiger partial charge is 0.494 e. The van der Waals surface area contributed by atoms with Crippen LogP contribution < -0.4 is 10.8 Å². The van der Waals surface area contributed by atoms with Crippen LogP contribution >= 0.6 is 0 Å². The second kappa shape index (κ2) is 7.11. The fourth-order valence-electron chi connectivity index (χ4n) is 3.53. The summed E-state index contributed by atoms with van der Waals surface area (Å²) >= 11 is 0. The van der Waals surface area contributed by atoms with Crippen molar-refractivity contribution in [2.75, 3.05) is 5.32 Å². The molecule has 29 heavy (non-hydrogen) atoms. The molecule has 1 aliphatic heterocycles. The van der Waals surface area contributed by atoms with Crippen LogP contribution in [0.25, 0.3) is 10.9 Å². The summed E-state index contributed by atoms with van der Waals surface area (Å²) < 4.78 is 12.5. The molecule has 2 heterocycles. The third-order valence-electron chi connectivity index (χ3n) is 6.01. The maximum absolute atomic E-state index is 6.23. The zero-order valence-electron chi connectivity index (χ0n) is 18.0. The van der Waals surface area contributed by atoms with Gasteiger partial charge in [0.2, 0.25) is 0 Å². The second-order valence-corrected chi connectivity index (χ2v) is 8.76. The fourth-order valence-corrected chi connectivity index (χ4v) is 3.53. The Morgan fingerprint density at radius 2 is 1.59 bits per heavy atom. The molecule has 0 amide bonds. The van der Waals surface area contributed by atoms with Gasteiger partial charge in [-0.3, -0.25) is 0 Å². The third kappa shape index (κ3) is 3.75. The molecule has 1 fully saturated rings. The Balaban J connectivity index is 1.71. The first-order valence-corrected chi connectivity index (χ1v) is 10.1. The Hall–Kier alpha value is -2.44. The quantitative estimate of drug-likeness (QED) is 0.670. The lowest BCUT2D eigenvalue weighted by atomic mass is 9.78. The van der Waals surface area contributed by atoms with Gasteiger partial charge in [-0.1, -0.05) is 36.4 Å². The molecule has 1 unspecified atom stereocenters. The van der Waals surface area contributed by atoms with E-state index in [1.807, 2.05) is 37.3 Å². The van der Waals surface area contributed by atoms with Crippen molar-refractivity contribution >= 4 is 29.3 Å². The van der Waals surface area contributed by atoms with Gasteiger partial charge in [0.15, 0.2) is 0 Å². The summed E-state index contributed by atoms with van der Waals surface area (Å²) in [5, 5.41) is 4.52. The van der Waals surface area contributed by atoms with E-state index in [1.165, 1.54) is 5.56 Å². The molecule has 1 N–H and O–H groups in total. The van der Waals surface area contributed by atoms with Crippen molar-refractivity contribution in [3.05, 3.63) is 59.9 Å². The maximum atomic E-state index is 6.23. The van der Waals surface area contributed by atoms with Crippen LogP contribution in [-0.4, -0.2) is 28.3 Å². The molecule has 5 nitrogen and oxygen atoms in total. The van der Waals surface area contributed by atoms with Crippen molar-refractivity contribution in [3.8, 4) is 0 Å². The summed E-state index contributed by atoms with van der Waals surface area (Å²) in [5.74, 6) is 1.56. The number of benzene rings is 2. The Kier molecular flexibility index (Phi) is 4.87. The van der Waals surface area contributed by atoms with Gasteiger partial charge in [0.25, 0.3) is 0 Å². The van der Waals surface area contributed by atoms with Gasteiger partial charge in [-0.15, -0.1) is 0 Å². The third-order valence-corrected chi connectivity index (χ3v) is 6.01. The van der Waals surface area contributed by atoms with Gasteiger partial charge in [0.05, 0.1) is 16.7 Å². The van der Waals surface area contributed by atoms with Gasteiger partial charge < -0.3 is 14.6 Å². The molecule has 1 aliphatic rings. The molecule has 0 saturated carbocycles. The van der Waals surface area contributed by atoms with E-state index in [4.69, 9.17) is 9.31 Å². The van der Waals surface area contributed by atoms with E-state index in [2.05, 4.69) is 68.1 Å². The summed E-state index contributed by atoms with van der Waals surface area (Å²) in [6.07, 6.45) is 0. The van der Waals surface area contributed by atoms with Crippen molar-refractivity contribution in [1.82, 2.24) is 9.97 Å². The van der Waals surface area contributed by atoms with Crippen LogP contribution in [0.1, 0.15) is 52.0 Å². The minimum Gasteiger partial charge on any atom is -0.399 e. The molecule has 4 rings (SSSR count). The van der Waals surface area contributed by atoms with E-state index in [-0.39, 0.29) is 17.2 Å². The zero-order valence-corrected chi connectivity index (χ0v) is 18.0. The lowest BCUT2D eigenvalue weighted by molar-refractivity contribution is 0.00578. The fraction of sp³-hybridized carbons (Fsp3) is 0.391. The summed E-state index contributed by atoms with van der Waals surface area (Å²) in [7, 11) is -0.412. The number of anilines is 1. The number of nitrogens with zero attached hydrogens (tertiary/aromatic N) is 2. The van der Waals surface area contributed by atoms with E-state index in [0.29, 0.717) is 0 Å². The molecule has 1 saturated heterocycles. The SMILES string of the molecule is Cc1nc(NC(C)c2ccccc2)c2cc(B3OC(C)(C)C(C)(C)O3)ccc2n1. The molecule has 0 aliphatic carbocycles. The topological polar surface area (TPSA) is 56.3 Å². The molecule has 0 radical (unpaired) electrons. The average Bonchev–Trinajstić information content (AvgIpc) is 2.89. The number of aromatic nitrogens is 2. The van der Waals surface area contributed by atoms with E-state index >= 15 is 0 Å². The van der Waals surface area contributed by atoms with Crippen LogP contribution in [0.5, 0.6) is 0 Å². The first kappa shape index (κ1) is 19.9. The summed E-state index contributed by atoms with van der Waals surface area (Å²) in [5.41, 5.74) is 2.33. The number of rotatable bonds is 4. The van der Waals surface area contributed by atoms with Crippen molar-refractivity contribution in [3.63, 3.8) is 0 Å². The first-order chi connectivity index (χ1) is 13.7. The van der Waals surface area contributed by atoms with Crippen molar-refractivity contribution in [1.29, 1.82) is 0 Å². The van der Waals surface area contributed by atoms with Gasteiger partial charge in [0, 0.05) is 11.4 Å². The number of hydrogen-bond acceptors (Lipinski definition) is 5. The van der Waals surface area contributed by atoms with Crippen molar-refractivity contribution in [2.45, 2.75) is 58.8 Å². The molecule has 0 bridgehead atoms. The molecule has 1 atom stereocenters. The molecule has 1 aromatic heterocycles. The number of nitrogens with one attached hydrogen (secondary N) is 1. The van der Waals surface area contributed by atoms with Gasteiger partial charge >= 0.3 is 7.12 Å². The highest BCUT2D eigenvalue weighted by molar-refractivity contribution is 6.62. The standard InChI is InChI=1S/C23H28BN3O2/c1-15(17-10-8-7-9-11-17)25-21-19-14-18(12-13-20(19)26-16(2)27-21)24-28-22(3,4)23(5,6)29-24/h7-15H,1-6H3,(H,25,26,27). The number of aryl methyl sites for hydroxylation is 1. The van der Waals surface area contributed by atoms with E-state index in [1.54, 1.807) is 0 Å². The normalized spacial score (nSPS) is 18.8. The van der Waals surface area contributed by atoms with Crippen LogP contribution in [0.3, 0.4) is 0 Å². The number of fused-ring (bicyclic) bond motifs is 1. The van der Waals surface area contributed by atoms with Gasteiger partial charge in [-0.25, -0.2) is 9.97 Å². The zero-order chi connectivity index (χ0) is 20.8. The summed E-state index contributed by atoms with van der Waals surface area (Å²) in [6.45, 7) is 12.3. The molecule has 150 valence electrons. The molecule has 3 aromatic rings. The van der Waals surface area contributed by atoms with Crippen LogP contribution in [0.4, 0.5) is 5.82 Å². The van der Waals surface area contributed by atoms with Crippen LogP contribution in [0.2, 0.25) is 0 Å². The minimum absolute atomic E-state index is 0.120. The molecule has 2 aromatic carbocycles. The first-order valence-electron chi connectivity index (χ1n) is 10.1. The predicted octanol–water partition coefficient (Wildman–Crippen LogP) is 4.41. The van der Waals surface area contributed by atoms with Gasteiger partial charge in [0.1, 0.15) is 11.6 Å². The Bertz CT molecular complexity index is 1020. The van der Waals surface area contributed by atoms with E-state index < -0.39 is 7.12 Å². The van der Waals surface area contributed by atoms with Crippen molar-refractivity contribution < 1.29 is 9.31 Å². The smallest absolute Gasteiger partial charge is 0.399 e. The Morgan fingerprint density at radius 3 is 2.24 bits per heavy atom. The molecule has 0 spiro atoms. The highest BCUT2D eigenvalue weighted by atomic mass is 16.7. The molecular formula is C23H28BN3O2. The Labute approximate surface area is 173 Å². The maximum Gasteiger partial charge on any atom is 0.494 e. The van der Waals surface area contributed by atoms with Crippen LogP contribution in [-0.2, 0) is 9.31 Å². The molecule has 6 heteroatoms. The molecular weight excluding hydrogens is 361 g/mol. The monoisotopic (exact) mass is 389 g/mol. The van der Waals surface area contributed by atoms with Crippen molar-refractivity contribution in [2.24, 2.45) is 0 Å². The summed E-state index contributed by atoms with van der Waals surface area (Å²) in [6, 6.07) is 16.6. The van der Waals surface area contributed by atoms with E-state index in [9.17, 15) is 0 Å².